The Morgan fingerprint density at radius 2 is 2.15 bits per heavy atom. The summed E-state index contributed by atoms with van der Waals surface area (Å²) in [5.74, 6) is 0.0934. The Bertz CT molecular complexity index is 421. The van der Waals surface area contributed by atoms with Crippen LogP contribution in [0.1, 0.15) is 26.2 Å². The fraction of sp³-hybridized carbons (Fsp3) is 0.562. The number of aliphatic carboxylic acids is 1. The Balaban J connectivity index is 1.66. The lowest BCUT2D eigenvalue weighted by atomic mass is 9.92. The van der Waals surface area contributed by atoms with E-state index in [4.69, 9.17) is 9.84 Å². The predicted molar refractivity (Wildman–Crippen MR) is 77.9 cm³/mol. The average Bonchev–Trinajstić information content (AvgIpc) is 2.46. The van der Waals surface area contributed by atoms with Crippen LogP contribution in [0.3, 0.4) is 0 Å². The van der Waals surface area contributed by atoms with E-state index in [-0.39, 0.29) is 5.92 Å². The molecule has 0 bridgehead atoms. The van der Waals surface area contributed by atoms with Crippen LogP contribution in [0.2, 0.25) is 0 Å². The largest absolute Gasteiger partial charge is 0.494 e. The molecule has 1 aromatic rings. The van der Waals surface area contributed by atoms with Crippen LogP contribution in [0.5, 0.6) is 5.75 Å². The molecule has 0 spiro atoms. The van der Waals surface area contributed by atoms with Crippen LogP contribution < -0.4 is 4.74 Å². The second-order valence-electron chi connectivity index (χ2n) is 5.46. The number of likely N-dealkylation sites (tertiary alicyclic amines) is 1. The Hall–Kier alpha value is -1.55. The second kappa shape index (κ2) is 7.29. The first-order valence-electron chi connectivity index (χ1n) is 7.31. The molecule has 1 aliphatic rings. The van der Waals surface area contributed by atoms with Gasteiger partial charge in [0.2, 0.25) is 0 Å². The van der Waals surface area contributed by atoms with Crippen LogP contribution in [0.15, 0.2) is 30.3 Å². The molecule has 0 radical (unpaired) electrons. The molecule has 110 valence electrons. The van der Waals surface area contributed by atoms with Crippen molar-refractivity contribution in [3.63, 3.8) is 0 Å². The lowest BCUT2D eigenvalue weighted by Gasteiger charge is -2.36. The number of nitrogens with zero attached hydrogens (tertiary/aromatic N) is 1. The summed E-state index contributed by atoms with van der Waals surface area (Å²) in [4.78, 5) is 13.4. The quantitative estimate of drug-likeness (QED) is 0.812. The highest BCUT2D eigenvalue weighted by atomic mass is 16.5. The number of benzene rings is 1. The minimum atomic E-state index is -0.649. The summed E-state index contributed by atoms with van der Waals surface area (Å²) in [7, 11) is 0. The van der Waals surface area contributed by atoms with Crippen molar-refractivity contribution < 1.29 is 14.6 Å². The topological polar surface area (TPSA) is 49.8 Å². The molecule has 20 heavy (non-hydrogen) atoms. The molecule has 0 aromatic heterocycles. The number of ether oxygens (including phenoxy) is 1. The van der Waals surface area contributed by atoms with Crippen molar-refractivity contribution in [1.29, 1.82) is 0 Å². The first kappa shape index (κ1) is 14.9. The minimum Gasteiger partial charge on any atom is -0.494 e. The van der Waals surface area contributed by atoms with Gasteiger partial charge in [0.15, 0.2) is 0 Å². The van der Waals surface area contributed by atoms with Gasteiger partial charge in [-0.15, -0.1) is 0 Å². The van der Waals surface area contributed by atoms with Crippen LogP contribution in [0.4, 0.5) is 0 Å². The Morgan fingerprint density at radius 3 is 2.80 bits per heavy atom. The van der Waals surface area contributed by atoms with Gasteiger partial charge in [-0.2, -0.15) is 0 Å². The highest BCUT2D eigenvalue weighted by Crippen LogP contribution is 2.23. The molecule has 0 saturated carbocycles. The molecule has 2 unspecified atom stereocenters. The second-order valence-corrected chi connectivity index (χ2v) is 5.46. The zero-order valence-corrected chi connectivity index (χ0v) is 12.0. The number of carbonyl (C=O) groups is 1. The van der Waals surface area contributed by atoms with Gasteiger partial charge in [0.05, 0.1) is 12.5 Å². The van der Waals surface area contributed by atoms with Crippen LogP contribution in [0.25, 0.3) is 0 Å². The van der Waals surface area contributed by atoms with Gasteiger partial charge in [-0.3, -0.25) is 4.79 Å². The molecule has 0 amide bonds. The summed E-state index contributed by atoms with van der Waals surface area (Å²) in [6.07, 6.45) is 2.49. The maximum Gasteiger partial charge on any atom is 0.306 e. The first-order valence-corrected chi connectivity index (χ1v) is 7.31. The van der Waals surface area contributed by atoms with E-state index in [1.807, 2.05) is 30.3 Å². The third-order valence-electron chi connectivity index (χ3n) is 3.96. The smallest absolute Gasteiger partial charge is 0.306 e. The van der Waals surface area contributed by atoms with E-state index in [0.29, 0.717) is 12.6 Å². The zero-order valence-electron chi connectivity index (χ0n) is 12.0. The van der Waals surface area contributed by atoms with E-state index in [1.165, 1.54) is 0 Å². The Labute approximate surface area is 120 Å². The molecule has 1 heterocycles. The summed E-state index contributed by atoms with van der Waals surface area (Å²) < 4.78 is 5.67. The van der Waals surface area contributed by atoms with Crippen LogP contribution in [-0.4, -0.2) is 41.7 Å². The number of carboxylic acid groups (broad SMARTS) is 1. The van der Waals surface area contributed by atoms with Crippen molar-refractivity contribution in [3.8, 4) is 5.75 Å². The van der Waals surface area contributed by atoms with Crippen LogP contribution >= 0.6 is 0 Å². The summed E-state index contributed by atoms with van der Waals surface area (Å²) >= 11 is 0. The van der Waals surface area contributed by atoms with Crippen molar-refractivity contribution >= 4 is 5.97 Å². The average molecular weight is 277 g/mol. The molecular weight excluding hydrogens is 254 g/mol. The van der Waals surface area contributed by atoms with Crippen LogP contribution in [-0.2, 0) is 4.79 Å². The van der Waals surface area contributed by atoms with Gasteiger partial charge in [-0.1, -0.05) is 18.2 Å². The van der Waals surface area contributed by atoms with E-state index in [2.05, 4.69) is 11.8 Å². The zero-order chi connectivity index (χ0) is 14.4. The van der Waals surface area contributed by atoms with Crippen molar-refractivity contribution in [2.45, 2.75) is 32.2 Å². The van der Waals surface area contributed by atoms with Crippen molar-refractivity contribution in [2.75, 3.05) is 19.7 Å². The highest BCUT2D eigenvalue weighted by molar-refractivity contribution is 5.70. The predicted octanol–water partition coefficient (Wildman–Crippen LogP) is 2.64. The Morgan fingerprint density at radius 1 is 1.40 bits per heavy atom. The molecule has 1 aliphatic heterocycles. The molecule has 0 aliphatic carbocycles. The third-order valence-corrected chi connectivity index (χ3v) is 3.96. The highest BCUT2D eigenvalue weighted by Gasteiger charge is 2.29. The van der Waals surface area contributed by atoms with Gasteiger partial charge in [-0.05, 0) is 44.9 Å². The van der Waals surface area contributed by atoms with Gasteiger partial charge in [0, 0.05) is 12.6 Å². The van der Waals surface area contributed by atoms with Gasteiger partial charge in [0.25, 0.3) is 0 Å². The normalized spacial score (nSPS) is 23.4. The van der Waals surface area contributed by atoms with E-state index in [0.717, 1.165) is 38.1 Å². The molecule has 4 nitrogen and oxygen atoms in total. The number of hydrogen-bond acceptors (Lipinski definition) is 3. The maximum atomic E-state index is 11.0. The first-order chi connectivity index (χ1) is 9.66. The van der Waals surface area contributed by atoms with Crippen molar-refractivity contribution in [1.82, 2.24) is 4.90 Å². The number of carboxylic acids is 1. The summed E-state index contributed by atoms with van der Waals surface area (Å²) in [6.45, 7) is 4.67. The lowest BCUT2D eigenvalue weighted by molar-refractivity contribution is -0.144. The lowest BCUT2D eigenvalue weighted by Crippen LogP contribution is -2.43. The van der Waals surface area contributed by atoms with Gasteiger partial charge in [-0.25, -0.2) is 0 Å². The van der Waals surface area contributed by atoms with Crippen molar-refractivity contribution in [2.24, 2.45) is 5.92 Å². The molecule has 4 heteroatoms. The maximum absolute atomic E-state index is 11.0. The van der Waals surface area contributed by atoms with Gasteiger partial charge >= 0.3 is 5.97 Å². The van der Waals surface area contributed by atoms with Gasteiger partial charge < -0.3 is 14.7 Å². The number of hydrogen-bond donors (Lipinski definition) is 1. The number of para-hydroxylation sites is 1. The SMILES string of the molecule is CC1CC(C(=O)O)CCN1CCCOc1ccccc1. The molecule has 1 N–H and O–H groups in total. The van der Waals surface area contributed by atoms with Crippen molar-refractivity contribution in [3.05, 3.63) is 30.3 Å². The van der Waals surface area contributed by atoms with Crippen LogP contribution in [0, 0.1) is 5.92 Å². The molecule has 1 saturated heterocycles. The number of piperidine rings is 1. The molecular formula is C16H23NO3. The molecule has 2 rings (SSSR count). The molecule has 2 atom stereocenters. The fourth-order valence-electron chi connectivity index (χ4n) is 2.75. The van der Waals surface area contributed by atoms with E-state index in [9.17, 15) is 4.79 Å². The fourth-order valence-corrected chi connectivity index (χ4v) is 2.75. The monoisotopic (exact) mass is 277 g/mol. The molecule has 1 aromatic carbocycles. The third kappa shape index (κ3) is 4.23. The summed E-state index contributed by atoms with van der Waals surface area (Å²) in [5, 5.41) is 9.04. The molecule has 1 fully saturated rings. The van der Waals surface area contributed by atoms with Gasteiger partial charge in [0.1, 0.15) is 5.75 Å². The summed E-state index contributed by atoms with van der Waals surface area (Å²) in [5.41, 5.74) is 0. The standard InChI is InChI=1S/C16H23NO3/c1-13-12-14(16(18)19)8-10-17(13)9-5-11-20-15-6-3-2-4-7-15/h2-4,6-7,13-14H,5,8-12H2,1H3,(H,18,19). The number of rotatable bonds is 6. The minimum absolute atomic E-state index is 0.165. The summed E-state index contributed by atoms with van der Waals surface area (Å²) in [6, 6.07) is 10.2. The Kier molecular flexibility index (Phi) is 5.41. The van der Waals surface area contributed by atoms with E-state index < -0.39 is 5.97 Å². The van der Waals surface area contributed by atoms with E-state index in [1.54, 1.807) is 0 Å². The van der Waals surface area contributed by atoms with E-state index >= 15 is 0 Å².